The van der Waals surface area contributed by atoms with Crippen LogP contribution in [0.1, 0.15) is 32.3 Å². The van der Waals surface area contributed by atoms with Crippen LogP contribution in [0.5, 0.6) is 5.75 Å². The topological polar surface area (TPSA) is 21.3 Å². The van der Waals surface area contributed by atoms with Gasteiger partial charge in [0.1, 0.15) is 5.75 Å². The van der Waals surface area contributed by atoms with Gasteiger partial charge in [-0.2, -0.15) is 0 Å². The first-order valence-corrected chi connectivity index (χ1v) is 6.18. The van der Waals surface area contributed by atoms with Crippen molar-refractivity contribution in [1.29, 1.82) is 0 Å². The Labute approximate surface area is 103 Å². The molecule has 0 aliphatic carbocycles. The van der Waals surface area contributed by atoms with E-state index in [1.54, 1.807) is 0 Å². The van der Waals surface area contributed by atoms with E-state index in [-0.39, 0.29) is 6.10 Å². The zero-order valence-electron chi connectivity index (χ0n) is 10.2. The summed E-state index contributed by atoms with van der Waals surface area (Å²) in [7, 11) is 1.92. The molecule has 0 heterocycles. The predicted octanol–water partition coefficient (Wildman–Crippen LogP) is 3.63. The summed E-state index contributed by atoms with van der Waals surface area (Å²) >= 11 is 6.17. The van der Waals surface area contributed by atoms with Gasteiger partial charge in [0.15, 0.2) is 0 Å². The highest BCUT2D eigenvalue weighted by atomic mass is 35.5. The van der Waals surface area contributed by atoms with Crippen LogP contribution in [0.3, 0.4) is 0 Å². The quantitative estimate of drug-likeness (QED) is 0.821. The van der Waals surface area contributed by atoms with Crippen molar-refractivity contribution >= 4 is 11.6 Å². The number of hydrogen-bond donors (Lipinski definition) is 1. The average molecular weight is 242 g/mol. The summed E-state index contributed by atoms with van der Waals surface area (Å²) in [6.07, 6.45) is 2.27. The van der Waals surface area contributed by atoms with Gasteiger partial charge in [0, 0.05) is 6.54 Å². The van der Waals surface area contributed by atoms with E-state index in [0.717, 1.165) is 25.1 Å². The second-order valence-corrected chi connectivity index (χ2v) is 4.26. The van der Waals surface area contributed by atoms with Crippen molar-refractivity contribution in [2.45, 2.75) is 39.3 Å². The first-order valence-electron chi connectivity index (χ1n) is 5.80. The minimum atomic E-state index is 0.257. The Morgan fingerprint density at radius 1 is 1.31 bits per heavy atom. The third kappa shape index (κ3) is 3.69. The molecule has 1 N–H and O–H groups in total. The first-order chi connectivity index (χ1) is 7.71. The molecule has 0 spiro atoms. The van der Waals surface area contributed by atoms with Gasteiger partial charge in [0.2, 0.25) is 0 Å². The molecule has 0 atom stereocenters. The summed E-state index contributed by atoms with van der Waals surface area (Å²) in [5.74, 6) is 0.787. The molecule has 1 aromatic rings. The van der Waals surface area contributed by atoms with Gasteiger partial charge in [0.25, 0.3) is 0 Å². The Kier molecular flexibility index (Phi) is 5.64. The average Bonchev–Trinajstić information content (AvgIpc) is 2.29. The van der Waals surface area contributed by atoms with Crippen LogP contribution in [-0.2, 0) is 6.54 Å². The van der Waals surface area contributed by atoms with Gasteiger partial charge in [-0.1, -0.05) is 31.5 Å². The van der Waals surface area contributed by atoms with Gasteiger partial charge >= 0.3 is 0 Å². The highest BCUT2D eigenvalue weighted by Gasteiger charge is 2.08. The Balaban J connectivity index is 2.74. The summed E-state index contributed by atoms with van der Waals surface area (Å²) in [4.78, 5) is 0. The van der Waals surface area contributed by atoms with Crippen LogP contribution in [0.25, 0.3) is 0 Å². The van der Waals surface area contributed by atoms with Crippen LogP contribution in [0.2, 0.25) is 5.02 Å². The number of nitrogens with one attached hydrogen (secondary N) is 1. The van der Waals surface area contributed by atoms with E-state index < -0.39 is 0 Å². The molecule has 0 amide bonds. The fourth-order valence-electron chi connectivity index (χ4n) is 1.59. The summed E-state index contributed by atoms with van der Waals surface area (Å²) in [5, 5.41) is 3.79. The van der Waals surface area contributed by atoms with Crippen LogP contribution in [-0.4, -0.2) is 13.2 Å². The second kappa shape index (κ2) is 6.77. The van der Waals surface area contributed by atoms with E-state index >= 15 is 0 Å². The monoisotopic (exact) mass is 241 g/mol. The van der Waals surface area contributed by atoms with Gasteiger partial charge in [-0.15, -0.1) is 0 Å². The molecule has 1 aromatic carbocycles. The number of ether oxygens (including phenoxy) is 1. The van der Waals surface area contributed by atoms with Crippen molar-refractivity contribution in [3.8, 4) is 5.75 Å². The van der Waals surface area contributed by atoms with Gasteiger partial charge in [0.05, 0.1) is 11.1 Å². The first kappa shape index (κ1) is 13.3. The van der Waals surface area contributed by atoms with Crippen molar-refractivity contribution in [3.63, 3.8) is 0 Å². The van der Waals surface area contributed by atoms with E-state index in [2.05, 4.69) is 19.2 Å². The van der Waals surface area contributed by atoms with Crippen LogP contribution < -0.4 is 10.1 Å². The van der Waals surface area contributed by atoms with Gasteiger partial charge in [-0.25, -0.2) is 0 Å². The molecule has 0 saturated carbocycles. The lowest BCUT2D eigenvalue weighted by molar-refractivity contribution is 0.193. The lowest BCUT2D eigenvalue weighted by atomic mass is 10.2. The SMILES string of the molecule is CCC(CC)Oc1ccc(CNC)cc1Cl. The molecule has 1 rings (SSSR count). The molecule has 0 aliphatic heterocycles. The fourth-order valence-corrected chi connectivity index (χ4v) is 1.84. The van der Waals surface area contributed by atoms with Crippen molar-refractivity contribution in [3.05, 3.63) is 28.8 Å². The highest BCUT2D eigenvalue weighted by Crippen LogP contribution is 2.27. The third-order valence-corrected chi connectivity index (χ3v) is 2.88. The molecule has 0 saturated heterocycles. The Morgan fingerprint density at radius 3 is 2.50 bits per heavy atom. The summed E-state index contributed by atoms with van der Waals surface area (Å²) in [5.41, 5.74) is 1.17. The lowest BCUT2D eigenvalue weighted by Crippen LogP contribution is -2.14. The van der Waals surface area contributed by atoms with Crippen molar-refractivity contribution < 1.29 is 4.74 Å². The zero-order valence-corrected chi connectivity index (χ0v) is 11.0. The smallest absolute Gasteiger partial charge is 0.138 e. The molecule has 2 nitrogen and oxygen atoms in total. The summed E-state index contributed by atoms with van der Waals surface area (Å²) in [6.45, 7) is 5.07. The third-order valence-electron chi connectivity index (χ3n) is 2.58. The summed E-state index contributed by atoms with van der Waals surface area (Å²) in [6, 6.07) is 5.95. The molecule has 0 unspecified atom stereocenters. The van der Waals surface area contributed by atoms with Crippen molar-refractivity contribution in [2.24, 2.45) is 0 Å². The highest BCUT2D eigenvalue weighted by molar-refractivity contribution is 6.32. The van der Waals surface area contributed by atoms with E-state index in [1.165, 1.54) is 5.56 Å². The molecule has 0 bridgehead atoms. The van der Waals surface area contributed by atoms with Crippen LogP contribution >= 0.6 is 11.6 Å². The van der Waals surface area contributed by atoms with E-state index in [1.807, 2.05) is 25.2 Å². The van der Waals surface area contributed by atoms with Gasteiger partial charge in [-0.05, 0) is 37.6 Å². The fraction of sp³-hybridized carbons (Fsp3) is 0.538. The summed E-state index contributed by atoms with van der Waals surface area (Å²) < 4.78 is 5.82. The van der Waals surface area contributed by atoms with Crippen LogP contribution in [0.15, 0.2) is 18.2 Å². The van der Waals surface area contributed by atoms with E-state index in [9.17, 15) is 0 Å². The molecule has 0 radical (unpaired) electrons. The molecule has 0 aliphatic rings. The standard InChI is InChI=1S/C13H20ClNO/c1-4-11(5-2)16-13-7-6-10(9-15-3)8-12(13)14/h6-8,11,15H,4-5,9H2,1-3H3. The molecule has 3 heteroatoms. The lowest BCUT2D eigenvalue weighted by Gasteiger charge is -2.17. The molecule has 0 fully saturated rings. The van der Waals surface area contributed by atoms with E-state index in [4.69, 9.17) is 16.3 Å². The maximum atomic E-state index is 6.17. The molecule has 0 aromatic heterocycles. The van der Waals surface area contributed by atoms with Crippen molar-refractivity contribution in [1.82, 2.24) is 5.32 Å². The molecular formula is C13H20ClNO. The second-order valence-electron chi connectivity index (χ2n) is 3.85. The van der Waals surface area contributed by atoms with Crippen LogP contribution in [0.4, 0.5) is 0 Å². The molecule has 16 heavy (non-hydrogen) atoms. The molecule has 90 valence electrons. The minimum Gasteiger partial charge on any atom is -0.489 e. The van der Waals surface area contributed by atoms with E-state index in [0.29, 0.717) is 5.02 Å². The maximum Gasteiger partial charge on any atom is 0.138 e. The normalized spacial score (nSPS) is 10.8. The largest absolute Gasteiger partial charge is 0.489 e. The number of halogens is 1. The Hall–Kier alpha value is -0.730. The number of hydrogen-bond acceptors (Lipinski definition) is 2. The number of benzene rings is 1. The minimum absolute atomic E-state index is 0.257. The van der Waals surface area contributed by atoms with Gasteiger partial charge < -0.3 is 10.1 Å². The van der Waals surface area contributed by atoms with Gasteiger partial charge in [-0.3, -0.25) is 0 Å². The maximum absolute atomic E-state index is 6.17. The number of rotatable bonds is 6. The molecular weight excluding hydrogens is 222 g/mol. The Morgan fingerprint density at radius 2 is 2.00 bits per heavy atom. The van der Waals surface area contributed by atoms with Crippen molar-refractivity contribution in [2.75, 3.05) is 7.05 Å². The predicted molar refractivity (Wildman–Crippen MR) is 69.2 cm³/mol. The Bertz CT molecular complexity index is 324. The van der Waals surface area contributed by atoms with Crippen LogP contribution in [0, 0.1) is 0 Å². The zero-order chi connectivity index (χ0) is 12.0.